The molecule has 2 heterocycles. The Labute approximate surface area is 120 Å². The number of carbonyl (C=O) groups excluding carboxylic acids is 1. The molecule has 0 radical (unpaired) electrons. The molecule has 3 atom stereocenters. The molecule has 2 aliphatic heterocycles. The number of fused-ring (bicyclic) bond motifs is 2. The van der Waals surface area contributed by atoms with Gasteiger partial charge < -0.3 is 10.0 Å². The minimum absolute atomic E-state index is 0.0829. The Hall–Kier alpha value is -1.62. The molecule has 20 heavy (non-hydrogen) atoms. The predicted molar refractivity (Wildman–Crippen MR) is 70.1 cm³/mol. The number of carboxylic acid groups (broad SMARTS) is 1. The van der Waals surface area contributed by atoms with Crippen LogP contribution in [0.15, 0.2) is 18.2 Å². The van der Waals surface area contributed by atoms with Crippen molar-refractivity contribution in [1.29, 1.82) is 0 Å². The summed E-state index contributed by atoms with van der Waals surface area (Å²) in [5.74, 6) is -2.51. The molecule has 6 heteroatoms. The fourth-order valence-corrected chi connectivity index (χ4v) is 3.54. The van der Waals surface area contributed by atoms with Crippen LogP contribution in [0, 0.1) is 11.7 Å². The average Bonchev–Trinajstić information content (AvgIpc) is 2.98. The number of aliphatic carboxylic acids is 1. The third-order valence-electron chi connectivity index (χ3n) is 4.25. The smallest absolute Gasteiger partial charge is 0.308 e. The van der Waals surface area contributed by atoms with E-state index in [-0.39, 0.29) is 22.7 Å². The van der Waals surface area contributed by atoms with Crippen LogP contribution in [0.25, 0.3) is 0 Å². The molecule has 2 bridgehead atoms. The van der Waals surface area contributed by atoms with E-state index in [1.54, 1.807) is 0 Å². The number of rotatable bonds is 2. The molecule has 1 amide bonds. The molecular weight excluding hydrogens is 285 g/mol. The number of hydrogen-bond acceptors (Lipinski definition) is 2. The Morgan fingerprint density at radius 3 is 2.75 bits per heavy atom. The average molecular weight is 298 g/mol. The Morgan fingerprint density at radius 2 is 2.10 bits per heavy atom. The molecule has 1 N–H and O–H groups in total. The van der Waals surface area contributed by atoms with Gasteiger partial charge in [0.2, 0.25) is 0 Å². The lowest BCUT2D eigenvalue weighted by Gasteiger charge is -2.23. The van der Waals surface area contributed by atoms with E-state index in [4.69, 9.17) is 11.6 Å². The first-order valence-corrected chi connectivity index (χ1v) is 6.87. The number of halogens is 2. The van der Waals surface area contributed by atoms with Crippen molar-refractivity contribution < 1.29 is 19.1 Å². The maximum absolute atomic E-state index is 13.8. The van der Waals surface area contributed by atoms with Gasteiger partial charge in [0.05, 0.1) is 11.5 Å². The largest absolute Gasteiger partial charge is 0.481 e. The molecule has 4 nitrogen and oxygen atoms in total. The van der Waals surface area contributed by atoms with Crippen LogP contribution >= 0.6 is 11.6 Å². The second kappa shape index (κ2) is 4.74. The van der Waals surface area contributed by atoms with E-state index in [1.165, 1.54) is 17.0 Å². The van der Waals surface area contributed by atoms with Crippen LogP contribution in [-0.4, -0.2) is 34.0 Å². The number of nitrogens with zero attached hydrogens (tertiary/aromatic N) is 1. The van der Waals surface area contributed by atoms with Gasteiger partial charge in [0.1, 0.15) is 5.82 Å². The van der Waals surface area contributed by atoms with Gasteiger partial charge in [-0.1, -0.05) is 11.6 Å². The summed E-state index contributed by atoms with van der Waals surface area (Å²) in [6, 6.07) is 3.40. The SMILES string of the molecule is O=C(O)C1CC2CCC1N2C(=O)c1cc(Cl)ccc1F. The Bertz CT molecular complexity index is 592. The molecule has 3 rings (SSSR count). The van der Waals surface area contributed by atoms with Crippen LogP contribution in [0.2, 0.25) is 5.02 Å². The molecule has 2 fully saturated rings. The zero-order valence-corrected chi connectivity index (χ0v) is 11.3. The number of carboxylic acids is 1. The van der Waals surface area contributed by atoms with Crippen LogP contribution in [0.5, 0.6) is 0 Å². The fraction of sp³-hybridized carbons (Fsp3) is 0.429. The van der Waals surface area contributed by atoms with Crippen LogP contribution in [-0.2, 0) is 4.79 Å². The molecule has 0 aromatic heterocycles. The van der Waals surface area contributed by atoms with Gasteiger partial charge in [0.15, 0.2) is 0 Å². The summed E-state index contributed by atoms with van der Waals surface area (Å²) in [5.41, 5.74) is -0.0829. The molecule has 1 aromatic carbocycles. The highest BCUT2D eigenvalue weighted by atomic mass is 35.5. The number of carbonyl (C=O) groups is 2. The zero-order valence-electron chi connectivity index (χ0n) is 10.6. The molecule has 106 valence electrons. The molecule has 1 aromatic rings. The number of benzene rings is 1. The van der Waals surface area contributed by atoms with Crippen LogP contribution in [0.4, 0.5) is 4.39 Å². The number of hydrogen-bond donors (Lipinski definition) is 1. The second-order valence-electron chi connectivity index (χ2n) is 5.32. The van der Waals surface area contributed by atoms with E-state index in [0.29, 0.717) is 12.8 Å². The molecule has 2 saturated heterocycles. The highest BCUT2D eigenvalue weighted by Gasteiger charge is 2.51. The molecule has 3 unspecified atom stereocenters. The third-order valence-corrected chi connectivity index (χ3v) is 4.48. The summed E-state index contributed by atoms with van der Waals surface area (Å²) in [6.45, 7) is 0. The summed E-state index contributed by atoms with van der Waals surface area (Å²) in [5, 5.41) is 9.46. The lowest BCUT2D eigenvalue weighted by Crippen LogP contribution is -2.38. The maximum Gasteiger partial charge on any atom is 0.308 e. The highest BCUT2D eigenvalue weighted by Crippen LogP contribution is 2.42. The van der Waals surface area contributed by atoms with E-state index in [1.807, 2.05) is 0 Å². The van der Waals surface area contributed by atoms with Gasteiger partial charge in [0, 0.05) is 17.1 Å². The van der Waals surface area contributed by atoms with Crippen LogP contribution in [0.3, 0.4) is 0 Å². The van der Waals surface area contributed by atoms with Gasteiger partial charge in [-0.25, -0.2) is 4.39 Å². The van der Waals surface area contributed by atoms with Gasteiger partial charge in [-0.05, 0) is 37.5 Å². The Kier molecular flexibility index (Phi) is 3.17. The molecular formula is C14H13ClFNO3. The first-order valence-electron chi connectivity index (χ1n) is 6.49. The minimum Gasteiger partial charge on any atom is -0.481 e. The van der Waals surface area contributed by atoms with Crippen molar-refractivity contribution in [2.45, 2.75) is 31.3 Å². The van der Waals surface area contributed by atoms with Gasteiger partial charge >= 0.3 is 5.97 Å². The summed E-state index contributed by atoms with van der Waals surface area (Å²) < 4.78 is 13.8. The lowest BCUT2D eigenvalue weighted by atomic mass is 9.89. The van der Waals surface area contributed by atoms with E-state index in [0.717, 1.165) is 12.5 Å². The van der Waals surface area contributed by atoms with Crippen molar-refractivity contribution in [2.75, 3.05) is 0 Å². The van der Waals surface area contributed by atoms with E-state index in [2.05, 4.69) is 0 Å². The normalized spacial score (nSPS) is 27.9. The van der Waals surface area contributed by atoms with Crippen LogP contribution < -0.4 is 0 Å². The summed E-state index contributed by atoms with van der Waals surface area (Å²) >= 11 is 5.80. The minimum atomic E-state index is -0.887. The molecule has 0 aliphatic carbocycles. The van der Waals surface area contributed by atoms with E-state index < -0.39 is 23.6 Å². The topological polar surface area (TPSA) is 57.6 Å². The van der Waals surface area contributed by atoms with Gasteiger partial charge in [0.25, 0.3) is 5.91 Å². The second-order valence-corrected chi connectivity index (χ2v) is 5.75. The molecule has 0 spiro atoms. The van der Waals surface area contributed by atoms with Crippen molar-refractivity contribution >= 4 is 23.5 Å². The van der Waals surface area contributed by atoms with E-state index in [9.17, 15) is 19.1 Å². The summed E-state index contributed by atoms with van der Waals surface area (Å²) in [6.07, 6.45) is 1.89. The van der Waals surface area contributed by atoms with Gasteiger partial charge in [-0.2, -0.15) is 0 Å². The quantitative estimate of drug-likeness (QED) is 0.912. The first kappa shape index (κ1) is 13.4. The van der Waals surface area contributed by atoms with Gasteiger partial charge in [-0.15, -0.1) is 0 Å². The molecule has 2 aliphatic rings. The van der Waals surface area contributed by atoms with Crippen molar-refractivity contribution in [3.63, 3.8) is 0 Å². The lowest BCUT2D eigenvalue weighted by molar-refractivity contribution is -0.142. The standard InChI is InChI=1S/C14H13ClFNO3/c15-7-1-3-11(16)9(5-7)13(18)17-8-2-4-12(17)10(6-8)14(19)20/h1,3,5,8,10,12H,2,4,6H2,(H,19,20). The van der Waals surface area contributed by atoms with Crippen molar-refractivity contribution in [2.24, 2.45) is 5.92 Å². The maximum atomic E-state index is 13.8. The monoisotopic (exact) mass is 297 g/mol. The zero-order chi connectivity index (χ0) is 14.4. The Balaban J connectivity index is 1.92. The highest BCUT2D eigenvalue weighted by molar-refractivity contribution is 6.31. The summed E-state index contributed by atoms with van der Waals surface area (Å²) in [4.78, 5) is 25.2. The van der Waals surface area contributed by atoms with Crippen molar-refractivity contribution in [3.8, 4) is 0 Å². The molecule has 0 saturated carbocycles. The van der Waals surface area contributed by atoms with Gasteiger partial charge in [-0.3, -0.25) is 9.59 Å². The van der Waals surface area contributed by atoms with Crippen molar-refractivity contribution in [1.82, 2.24) is 4.90 Å². The summed E-state index contributed by atoms with van der Waals surface area (Å²) in [7, 11) is 0. The third kappa shape index (κ3) is 1.97. The first-order chi connectivity index (χ1) is 9.49. The van der Waals surface area contributed by atoms with E-state index >= 15 is 0 Å². The van der Waals surface area contributed by atoms with Crippen molar-refractivity contribution in [3.05, 3.63) is 34.6 Å². The van der Waals surface area contributed by atoms with Crippen LogP contribution in [0.1, 0.15) is 29.6 Å². The number of amides is 1. The Morgan fingerprint density at radius 1 is 1.35 bits per heavy atom. The fourth-order valence-electron chi connectivity index (χ4n) is 3.37. The predicted octanol–water partition coefficient (Wildman–Crippen LogP) is 2.56.